The van der Waals surface area contributed by atoms with Crippen molar-refractivity contribution in [3.63, 3.8) is 0 Å². The van der Waals surface area contributed by atoms with E-state index in [-0.39, 0.29) is 11.5 Å². The Morgan fingerprint density at radius 2 is 2.03 bits per heavy atom. The average Bonchev–Trinajstić information content (AvgIpc) is 3.36. The number of hydrogen-bond acceptors (Lipinski definition) is 9. The summed E-state index contributed by atoms with van der Waals surface area (Å²) in [6.45, 7) is 3.57. The van der Waals surface area contributed by atoms with Gasteiger partial charge in [-0.25, -0.2) is 15.0 Å². The van der Waals surface area contributed by atoms with Crippen molar-refractivity contribution in [1.82, 2.24) is 24.7 Å². The Morgan fingerprint density at radius 1 is 1.26 bits per heavy atom. The van der Waals surface area contributed by atoms with Gasteiger partial charge in [-0.05, 0) is 24.6 Å². The Balaban J connectivity index is 1.87. The largest absolute Gasteiger partial charge is 0.501 e. The molecule has 0 aliphatic rings. The number of nitrogens with one attached hydrogen (secondary N) is 1. The van der Waals surface area contributed by atoms with Crippen molar-refractivity contribution in [2.75, 3.05) is 5.32 Å². The van der Waals surface area contributed by atoms with Crippen LogP contribution >= 0.6 is 0 Å². The number of hydrogen-bond donors (Lipinski definition) is 2. The van der Waals surface area contributed by atoms with Gasteiger partial charge in [0.15, 0.2) is 5.69 Å². The Kier molecular flexibility index (Phi) is 6.37. The SMILES string of the molecule is Cc1nccc(C(c2ccccc2C#N)C(C)c2nc(C(=O)Nc3cnoc3)c(O)c(=O)n2C)n1. The first kappa shape index (κ1) is 23.3. The molecule has 176 valence electrons. The van der Waals surface area contributed by atoms with Gasteiger partial charge in [0, 0.05) is 25.1 Å². The summed E-state index contributed by atoms with van der Waals surface area (Å²) in [5.74, 6) is -1.89. The van der Waals surface area contributed by atoms with Crippen LogP contribution in [0.15, 0.2) is 58.3 Å². The number of carbonyl (C=O) groups excluding carboxylic acids is 1. The summed E-state index contributed by atoms with van der Waals surface area (Å²) in [5, 5.41) is 26.1. The standard InChI is InChI=1S/C24H21N7O4/c1-13(19(18-8-9-26-14(2)28-18)17-7-5-4-6-15(17)10-25)22-30-20(21(32)24(34)31(22)3)23(33)29-16-11-27-35-12-16/h4-9,11-13,19,32H,1-3H3,(H,29,33). The molecule has 2 atom stereocenters. The second-order valence-corrected chi connectivity index (χ2v) is 7.89. The van der Waals surface area contributed by atoms with Crippen LogP contribution in [0.4, 0.5) is 5.69 Å². The van der Waals surface area contributed by atoms with E-state index in [2.05, 4.69) is 31.5 Å². The molecule has 3 aromatic heterocycles. The van der Waals surface area contributed by atoms with Crippen molar-refractivity contribution >= 4 is 11.6 Å². The summed E-state index contributed by atoms with van der Waals surface area (Å²) in [6.07, 6.45) is 4.09. The molecule has 4 aromatic rings. The van der Waals surface area contributed by atoms with Gasteiger partial charge in [-0.3, -0.25) is 14.2 Å². The molecule has 1 amide bonds. The van der Waals surface area contributed by atoms with Crippen LogP contribution in [0.25, 0.3) is 0 Å². The smallest absolute Gasteiger partial charge is 0.296 e. The predicted molar refractivity (Wildman–Crippen MR) is 124 cm³/mol. The third-order valence-corrected chi connectivity index (χ3v) is 5.65. The van der Waals surface area contributed by atoms with E-state index in [1.54, 1.807) is 31.3 Å². The monoisotopic (exact) mass is 471 g/mol. The van der Waals surface area contributed by atoms with E-state index >= 15 is 0 Å². The number of nitriles is 1. The molecule has 2 unspecified atom stereocenters. The maximum atomic E-state index is 12.9. The molecule has 0 aliphatic heterocycles. The second-order valence-electron chi connectivity index (χ2n) is 7.89. The number of benzene rings is 1. The normalized spacial score (nSPS) is 12.5. The molecule has 0 radical (unpaired) electrons. The highest BCUT2D eigenvalue weighted by molar-refractivity contribution is 6.04. The lowest BCUT2D eigenvalue weighted by molar-refractivity contribution is 0.101. The predicted octanol–water partition coefficient (Wildman–Crippen LogP) is 2.63. The van der Waals surface area contributed by atoms with Gasteiger partial charge < -0.3 is 14.9 Å². The Labute approximate surface area is 199 Å². The van der Waals surface area contributed by atoms with Gasteiger partial charge in [-0.15, -0.1) is 0 Å². The van der Waals surface area contributed by atoms with Crippen LogP contribution in [0, 0.1) is 18.3 Å². The molecule has 0 aliphatic carbocycles. The van der Waals surface area contributed by atoms with Crippen molar-refractivity contribution in [1.29, 1.82) is 5.26 Å². The van der Waals surface area contributed by atoms with Crippen LogP contribution in [0.3, 0.4) is 0 Å². The van der Waals surface area contributed by atoms with Gasteiger partial charge in [0.2, 0.25) is 5.75 Å². The van der Waals surface area contributed by atoms with E-state index in [4.69, 9.17) is 4.52 Å². The summed E-state index contributed by atoms with van der Waals surface area (Å²) < 4.78 is 5.88. The first-order chi connectivity index (χ1) is 16.8. The lowest BCUT2D eigenvalue weighted by Gasteiger charge is -2.26. The molecule has 4 rings (SSSR count). The van der Waals surface area contributed by atoms with Crippen LogP contribution in [0.5, 0.6) is 5.75 Å². The summed E-state index contributed by atoms with van der Waals surface area (Å²) in [4.78, 5) is 38.8. The van der Waals surface area contributed by atoms with Crippen LogP contribution < -0.4 is 10.9 Å². The molecule has 2 N–H and O–H groups in total. The highest BCUT2D eigenvalue weighted by Gasteiger charge is 2.31. The van der Waals surface area contributed by atoms with Crippen LogP contribution in [0.1, 0.15) is 57.7 Å². The fraction of sp³-hybridized carbons (Fsp3) is 0.208. The highest BCUT2D eigenvalue weighted by Crippen LogP contribution is 2.38. The molecule has 11 heteroatoms. The van der Waals surface area contributed by atoms with E-state index < -0.39 is 34.7 Å². The summed E-state index contributed by atoms with van der Waals surface area (Å²) >= 11 is 0. The van der Waals surface area contributed by atoms with E-state index in [0.29, 0.717) is 22.6 Å². The molecule has 0 saturated carbocycles. The Bertz CT molecular complexity index is 1490. The van der Waals surface area contributed by atoms with Gasteiger partial charge >= 0.3 is 0 Å². The fourth-order valence-corrected chi connectivity index (χ4v) is 3.98. The van der Waals surface area contributed by atoms with Crippen LogP contribution in [-0.4, -0.2) is 35.7 Å². The van der Waals surface area contributed by atoms with Gasteiger partial charge in [0.25, 0.3) is 11.5 Å². The number of aromatic nitrogens is 5. The number of aromatic hydroxyl groups is 1. The number of rotatable bonds is 6. The number of amides is 1. The van der Waals surface area contributed by atoms with Gasteiger partial charge in [0.05, 0.1) is 23.5 Å². The Morgan fingerprint density at radius 3 is 2.71 bits per heavy atom. The minimum Gasteiger partial charge on any atom is -0.501 e. The summed E-state index contributed by atoms with van der Waals surface area (Å²) in [6, 6.07) is 11.0. The number of aryl methyl sites for hydroxylation is 1. The fourth-order valence-electron chi connectivity index (χ4n) is 3.98. The van der Waals surface area contributed by atoms with E-state index in [9.17, 15) is 20.0 Å². The van der Waals surface area contributed by atoms with Crippen molar-refractivity contribution in [3.8, 4) is 11.8 Å². The second kappa shape index (κ2) is 9.56. The van der Waals surface area contributed by atoms with E-state index in [0.717, 1.165) is 0 Å². The zero-order valence-electron chi connectivity index (χ0n) is 19.1. The summed E-state index contributed by atoms with van der Waals surface area (Å²) in [7, 11) is 1.46. The molecule has 0 spiro atoms. The molecule has 0 fully saturated rings. The van der Waals surface area contributed by atoms with E-state index in [1.165, 1.54) is 24.1 Å². The zero-order valence-corrected chi connectivity index (χ0v) is 19.1. The highest BCUT2D eigenvalue weighted by atomic mass is 16.5. The first-order valence-corrected chi connectivity index (χ1v) is 10.6. The maximum Gasteiger partial charge on any atom is 0.296 e. The molecular weight excluding hydrogens is 450 g/mol. The van der Waals surface area contributed by atoms with Crippen molar-refractivity contribution in [2.45, 2.75) is 25.7 Å². The van der Waals surface area contributed by atoms with Gasteiger partial charge in [-0.2, -0.15) is 5.26 Å². The summed E-state index contributed by atoms with van der Waals surface area (Å²) in [5.41, 5.74) is 0.744. The third-order valence-electron chi connectivity index (χ3n) is 5.65. The van der Waals surface area contributed by atoms with Gasteiger partial charge in [0.1, 0.15) is 23.6 Å². The first-order valence-electron chi connectivity index (χ1n) is 10.6. The minimum atomic E-state index is -0.802. The maximum absolute atomic E-state index is 12.9. The average molecular weight is 471 g/mol. The van der Waals surface area contributed by atoms with Crippen molar-refractivity contribution in [2.24, 2.45) is 7.05 Å². The zero-order chi connectivity index (χ0) is 25.1. The van der Waals surface area contributed by atoms with E-state index in [1.807, 2.05) is 19.1 Å². The number of carbonyl (C=O) groups is 1. The molecule has 11 nitrogen and oxygen atoms in total. The Hall–Kier alpha value is -4.85. The van der Waals surface area contributed by atoms with Crippen molar-refractivity contribution in [3.05, 3.63) is 93.5 Å². The lowest BCUT2D eigenvalue weighted by atomic mass is 9.81. The number of anilines is 1. The van der Waals surface area contributed by atoms with Crippen molar-refractivity contribution < 1.29 is 14.4 Å². The molecule has 0 saturated heterocycles. The quantitative estimate of drug-likeness (QED) is 0.431. The van der Waals surface area contributed by atoms with Gasteiger partial charge in [-0.1, -0.05) is 30.3 Å². The minimum absolute atomic E-state index is 0.220. The molecule has 3 heterocycles. The van der Waals surface area contributed by atoms with Crippen LogP contribution in [0.2, 0.25) is 0 Å². The molecular formula is C24H21N7O4. The van der Waals surface area contributed by atoms with Crippen LogP contribution in [-0.2, 0) is 7.05 Å². The molecule has 0 bridgehead atoms. The third kappa shape index (κ3) is 4.49. The number of nitrogens with zero attached hydrogens (tertiary/aromatic N) is 6. The molecule has 1 aromatic carbocycles. The lowest BCUT2D eigenvalue weighted by Crippen LogP contribution is -2.29. The topological polar surface area (TPSA) is 160 Å². The molecule has 35 heavy (non-hydrogen) atoms.